The molecule has 0 aliphatic carbocycles. The van der Waals surface area contributed by atoms with Crippen LogP contribution >= 0.6 is 0 Å². The second kappa shape index (κ2) is 4.82. The Labute approximate surface area is 90.4 Å². The highest BCUT2D eigenvalue weighted by Crippen LogP contribution is 2.22. The van der Waals surface area contributed by atoms with Gasteiger partial charge in [0.2, 0.25) is 0 Å². The van der Waals surface area contributed by atoms with Gasteiger partial charge in [-0.25, -0.2) is 8.78 Å². The summed E-state index contributed by atoms with van der Waals surface area (Å²) in [4.78, 5) is 0. The summed E-state index contributed by atoms with van der Waals surface area (Å²) in [6.07, 6.45) is -2.14. The van der Waals surface area contributed by atoms with E-state index in [1.165, 1.54) is 10.9 Å². The second-order valence-electron chi connectivity index (χ2n) is 3.54. The summed E-state index contributed by atoms with van der Waals surface area (Å²) >= 11 is 0. The number of nitrogens with zero attached hydrogens (tertiary/aromatic N) is 2. The summed E-state index contributed by atoms with van der Waals surface area (Å²) in [5.41, 5.74) is 0.657. The lowest BCUT2D eigenvalue weighted by molar-refractivity contribution is -0.126. The molecule has 0 amide bonds. The van der Waals surface area contributed by atoms with Crippen LogP contribution in [0.25, 0.3) is 0 Å². The first-order valence-electron chi connectivity index (χ1n) is 4.72. The minimum absolute atomic E-state index is 0.461. The van der Waals surface area contributed by atoms with E-state index in [1.54, 1.807) is 20.0 Å². The summed E-state index contributed by atoms with van der Waals surface area (Å²) in [5, 5.41) is 6.21. The van der Waals surface area contributed by atoms with E-state index in [0.29, 0.717) is 5.69 Å². The predicted octanol–water partition coefficient (Wildman–Crippen LogP) is 1.97. The number of hydrogen-bond donors (Lipinski definition) is 1. The number of aromatic nitrogens is 2. The molecule has 0 bridgehead atoms. The smallest absolute Gasteiger partial charge is 0.303 e. The number of hydrogen-bond acceptors (Lipinski definition) is 2. The molecule has 1 heterocycles. The van der Waals surface area contributed by atoms with Crippen molar-refractivity contribution >= 4 is 0 Å². The SMILES string of the molecule is CC(NCC(F)(F)C(F)F)c1ccnn1C. The van der Waals surface area contributed by atoms with Crippen LogP contribution in [0.4, 0.5) is 17.6 Å². The fourth-order valence-corrected chi connectivity index (χ4v) is 1.28. The van der Waals surface area contributed by atoms with Crippen LogP contribution in [0, 0.1) is 0 Å². The standard InChI is InChI=1S/C9H13F4N3/c1-6(7-3-4-15-16(7)2)14-5-9(12,13)8(10)11/h3-4,6,8,14H,5H2,1-2H3. The fourth-order valence-electron chi connectivity index (χ4n) is 1.28. The molecule has 0 saturated carbocycles. The third-order valence-electron chi connectivity index (χ3n) is 2.27. The van der Waals surface area contributed by atoms with Crippen molar-refractivity contribution < 1.29 is 17.6 Å². The number of aryl methyl sites for hydroxylation is 1. The first-order valence-corrected chi connectivity index (χ1v) is 4.72. The van der Waals surface area contributed by atoms with Crippen molar-refractivity contribution in [2.75, 3.05) is 6.54 Å². The normalized spacial score (nSPS) is 14.4. The van der Waals surface area contributed by atoms with Crippen LogP contribution in [-0.2, 0) is 7.05 Å². The zero-order chi connectivity index (χ0) is 12.3. The largest absolute Gasteiger partial charge is 0.319 e. The van der Waals surface area contributed by atoms with E-state index in [9.17, 15) is 17.6 Å². The van der Waals surface area contributed by atoms with Gasteiger partial charge >= 0.3 is 12.3 Å². The van der Waals surface area contributed by atoms with Crippen LogP contribution in [-0.4, -0.2) is 28.7 Å². The zero-order valence-electron chi connectivity index (χ0n) is 8.92. The lowest BCUT2D eigenvalue weighted by atomic mass is 10.2. The van der Waals surface area contributed by atoms with Gasteiger partial charge in [-0.15, -0.1) is 0 Å². The van der Waals surface area contributed by atoms with Crippen LogP contribution in [0.2, 0.25) is 0 Å². The van der Waals surface area contributed by atoms with Crippen molar-refractivity contribution in [3.8, 4) is 0 Å². The molecule has 0 fully saturated rings. The van der Waals surface area contributed by atoms with Crippen LogP contribution in [0.15, 0.2) is 12.3 Å². The Morgan fingerprint density at radius 3 is 2.56 bits per heavy atom. The molecule has 1 N–H and O–H groups in total. The van der Waals surface area contributed by atoms with E-state index in [1.807, 2.05) is 0 Å². The molecule has 1 aromatic rings. The molecule has 1 unspecified atom stereocenters. The van der Waals surface area contributed by atoms with Crippen LogP contribution in [0.1, 0.15) is 18.7 Å². The van der Waals surface area contributed by atoms with E-state index in [0.717, 1.165) is 0 Å². The molecular formula is C9H13F4N3. The maximum atomic E-state index is 12.6. The van der Waals surface area contributed by atoms with Crippen molar-refractivity contribution in [3.05, 3.63) is 18.0 Å². The Morgan fingerprint density at radius 2 is 2.12 bits per heavy atom. The third kappa shape index (κ3) is 2.94. The van der Waals surface area contributed by atoms with Crippen molar-refractivity contribution in [2.45, 2.75) is 25.3 Å². The molecule has 0 aliphatic rings. The van der Waals surface area contributed by atoms with Crippen molar-refractivity contribution in [3.63, 3.8) is 0 Å². The van der Waals surface area contributed by atoms with Crippen LogP contribution in [0.3, 0.4) is 0 Å². The highest BCUT2D eigenvalue weighted by Gasteiger charge is 2.40. The molecule has 0 aromatic carbocycles. The topological polar surface area (TPSA) is 29.9 Å². The fraction of sp³-hybridized carbons (Fsp3) is 0.667. The highest BCUT2D eigenvalue weighted by molar-refractivity contribution is 5.05. The molecule has 0 spiro atoms. The van der Waals surface area contributed by atoms with Gasteiger partial charge in [-0.1, -0.05) is 0 Å². The molecular weight excluding hydrogens is 226 g/mol. The van der Waals surface area contributed by atoms with E-state index in [4.69, 9.17) is 0 Å². The first kappa shape index (κ1) is 13.0. The third-order valence-corrected chi connectivity index (χ3v) is 2.27. The maximum Gasteiger partial charge on any atom is 0.319 e. The van der Waals surface area contributed by atoms with E-state index >= 15 is 0 Å². The Balaban J connectivity index is 2.54. The molecule has 0 radical (unpaired) electrons. The van der Waals surface area contributed by atoms with Crippen LogP contribution < -0.4 is 5.32 Å². The molecule has 0 saturated heterocycles. The summed E-state index contributed by atoms with van der Waals surface area (Å²) in [5.74, 6) is -4.01. The van der Waals surface area contributed by atoms with Gasteiger partial charge in [0.05, 0.1) is 12.2 Å². The average Bonchev–Trinajstić information content (AvgIpc) is 2.61. The molecule has 92 valence electrons. The van der Waals surface area contributed by atoms with Gasteiger partial charge in [0.15, 0.2) is 0 Å². The molecule has 3 nitrogen and oxygen atoms in total. The monoisotopic (exact) mass is 239 g/mol. The minimum Gasteiger partial charge on any atom is -0.303 e. The van der Waals surface area contributed by atoms with E-state index in [2.05, 4.69) is 10.4 Å². The zero-order valence-corrected chi connectivity index (χ0v) is 8.92. The van der Waals surface area contributed by atoms with Gasteiger partial charge in [0.1, 0.15) is 0 Å². The van der Waals surface area contributed by atoms with Crippen molar-refractivity contribution in [1.29, 1.82) is 0 Å². The van der Waals surface area contributed by atoms with Crippen molar-refractivity contribution in [1.82, 2.24) is 15.1 Å². The summed E-state index contributed by atoms with van der Waals surface area (Å²) < 4.78 is 50.5. The van der Waals surface area contributed by atoms with E-state index in [-0.39, 0.29) is 0 Å². The summed E-state index contributed by atoms with van der Waals surface area (Å²) in [7, 11) is 1.65. The lowest BCUT2D eigenvalue weighted by Gasteiger charge is -2.19. The molecule has 1 rings (SSSR count). The maximum absolute atomic E-state index is 12.6. The van der Waals surface area contributed by atoms with Gasteiger partial charge in [-0.05, 0) is 13.0 Å². The first-order chi connectivity index (χ1) is 7.34. The van der Waals surface area contributed by atoms with Gasteiger partial charge < -0.3 is 5.32 Å². The van der Waals surface area contributed by atoms with E-state index < -0.39 is 24.9 Å². The van der Waals surface area contributed by atoms with Crippen LogP contribution in [0.5, 0.6) is 0 Å². The van der Waals surface area contributed by atoms with Gasteiger partial charge in [-0.3, -0.25) is 4.68 Å². The average molecular weight is 239 g/mol. The molecule has 0 aliphatic heterocycles. The van der Waals surface area contributed by atoms with Crippen molar-refractivity contribution in [2.24, 2.45) is 7.05 Å². The quantitative estimate of drug-likeness (QED) is 0.796. The summed E-state index contributed by atoms with van der Waals surface area (Å²) in [6.45, 7) is 0.551. The van der Waals surface area contributed by atoms with Gasteiger partial charge in [0.25, 0.3) is 0 Å². The Morgan fingerprint density at radius 1 is 1.50 bits per heavy atom. The number of nitrogens with one attached hydrogen (secondary N) is 1. The molecule has 1 atom stereocenters. The Kier molecular flexibility index (Phi) is 3.90. The Hall–Kier alpha value is -1.11. The predicted molar refractivity (Wildman–Crippen MR) is 50.6 cm³/mol. The molecule has 1 aromatic heterocycles. The molecule has 16 heavy (non-hydrogen) atoms. The van der Waals surface area contributed by atoms with Gasteiger partial charge in [-0.2, -0.15) is 13.9 Å². The second-order valence-corrected chi connectivity index (χ2v) is 3.54. The molecule has 7 heteroatoms. The minimum atomic E-state index is -4.01. The highest BCUT2D eigenvalue weighted by atomic mass is 19.3. The number of halogens is 4. The Bertz CT molecular complexity index is 337. The summed E-state index contributed by atoms with van der Waals surface area (Å²) in [6, 6.07) is 1.18. The number of alkyl halides is 4. The number of rotatable bonds is 5. The van der Waals surface area contributed by atoms with Gasteiger partial charge in [0, 0.05) is 19.3 Å². The lowest BCUT2D eigenvalue weighted by Crippen LogP contribution is -2.40.